The third kappa shape index (κ3) is 5.20. The number of nitrogens with one attached hydrogen (secondary N) is 3. The Kier molecular flexibility index (Phi) is 6.54. The number of benzene rings is 2. The summed E-state index contributed by atoms with van der Waals surface area (Å²) in [5.74, 6) is -0.270. The molecule has 0 aromatic heterocycles. The molecule has 0 saturated heterocycles. The summed E-state index contributed by atoms with van der Waals surface area (Å²) in [5.41, 5.74) is 1.86. The van der Waals surface area contributed by atoms with E-state index >= 15 is 0 Å². The molecule has 3 amide bonds. The average Bonchev–Trinajstić information content (AvgIpc) is 2.60. The monoisotopic (exact) mass is 359 g/mol. The molecule has 1 atom stereocenters. The number of carbonyl (C=O) groups excluding carboxylic acids is 2. The Morgan fingerprint density at radius 1 is 1.19 bits per heavy atom. The molecule has 2 aromatic carbocycles. The molecular formula is C19H22FN3O3. The zero-order chi connectivity index (χ0) is 19.1. The van der Waals surface area contributed by atoms with E-state index in [0.717, 1.165) is 5.56 Å². The number of hydrogen-bond acceptors (Lipinski definition) is 3. The van der Waals surface area contributed by atoms with Crippen LogP contribution in [0, 0.1) is 12.7 Å². The van der Waals surface area contributed by atoms with E-state index in [2.05, 4.69) is 16.0 Å². The Balaban J connectivity index is 1.86. The summed E-state index contributed by atoms with van der Waals surface area (Å²) < 4.78 is 18.9. The Bertz CT molecular complexity index is 795. The molecule has 3 N–H and O–H groups in total. The molecule has 0 aliphatic rings. The van der Waals surface area contributed by atoms with Crippen LogP contribution in [0.15, 0.2) is 42.5 Å². The third-order valence-electron chi connectivity index (χ3n) is 3.76. The number of anilines is 1. The predicted octanol–water partition coefficient (Wildman–Crippen LogP) is 3.14. The van der Waals surface area contributed by atoms with Gasteiger partial charge in [-0.05, 0) is 37.6 Å². The second kappa shape index (κ2) is 8.84. The summed E-state index contributed by atoms with van der Waals surface area (Å²) in [6.07, 6.45) is 0. The normalized spacial score (nSPS) is 11.4. The van der Waals surface area contributed by atoms with Gasteiger partial charge >= 0.3 is 6.03 Å². The fourth-order valence-corrected chi connectivity index (χ4v) is 2.43. The van der Waals surface area contributed by atoms with E-state index < -0.39 is 23.8 Å². The van der Waals surface area contributed by atoms with Crippen molar-refractivity contribution in [2.45, 2.75) is 19.9 Å². The summed E-state index contributed by atoms with van der Waals surface area (Å²) >= 11 is 0. The summed E-state index contributed by atoms with van der Waals surface area (Å²) in [6.45, 7) is 3.33. The van der Waals surface area contributed by atoms with Gasteiger partial charge in [0.25, 0.3) is 0 Å². The first kappa shape index (κ1) is 19.2. The van der Waals surface area contributed by atoms with E-state index in [4.69, 9.17) is 4.74 Å². The summed E-state index contributed by atoms with van der Waals surface area (Å²) in [5, 5.41) is 7.73. The minimum absolute atomic E-state index is 0.229. The number of aryl methyl sites for hydroxylation is 1. The van der Waals surface area contributed by atoms with E-state index in [1.807, 2.05) is 13.0 Å². The van der Waals surface area contributed by atoms with Crippen molar-refractivity contribution in [2.24, 2.45) is 0 Å². The second-order valence-corrected chi connectivity index (χ2v) is 5.82. The summed E-state index contributed by atoms with van der Waals surface area (Å²) in [6, 6.07) is 10.5. The van der Waals surface area contributed by atoms with Crippen LogP contribution in [0.4, 0.5) is 14.9 Å². The van der Waals surface area contributed by atoms with E-state index in [1.54, 1.807) is 37.3 Å². The molecule has 0 fully saturated rings. The van der Waals surface area contributed by atoms with Gasteiger partial charge < -0.3 is 20.7 Å². The van der Waals surface area contributed by atoms with Crippen molar-refractivity contribution >= 4 is 17.6 Å². The highest BCUT2D eigenvalue weighted by Crippen LogP contribution is 2.24. The highest BCUT2D eigenvalue weighted by Gasteiger charge is 2.14. The smallest absolute Gasteiger partial charge is 0.315 e. The molecule has 1 unspecified atom stereocenters. The molecule has 6 nitrogen and oxygen atoms in total. The Morgan fingerprint density at radius 3 is 2.62 bits per heavy atom. The van der Waals surface area contributed by atoms with Crippen molar-refractivity contribution < 1.29 is 18.7 Å². The lowest BCUT2D eigenvalue weighted by Crippen LogP contribution is -2.41. The molecule has 138 valence electrons. The highest BCUT2D eigenvalue weighted by atomic mass is 19.1. The molecule has 0 aliphatic heterocycles. The van der Waals surface area contributed by atoms with E-state index in [-0.39, 0.29) is 6.54 Å². The third-order valence-corrected chi connectivity index (χ3v) is 3.76. The van der Waals surface area contributed by atoms with E-state index in [9.17, 15) is 14.0 Å². The summed E-state index contributed by atoms with van der Waals surface area (Å²) in [7, 11) is 1.51. The van der Waals surface area contributed by atoms with Crippen molar-refractivity contribution in [1.29, 1.82) is 0 Å². The van der Waals surface area contributed by atoms with Crippen LogP contribution < -0.4 is 20.7 Å². The van der Waals surface area contributed by atoms with Crippen LogP contribution in [0.5, 0.6) is 5.75 Å². The maximum Gasteiger partial charge on any atom is 0.315 e. The van der Waals surface area contributed by atoms with Gasteiger partial charge in [-0.2, -0.15) is 0 Å². The molecule has 26 heavy (non-hydrogen) atoms. The minimum atomic E-state index is -0.563. The van der Waals surface area contributed by atoms with Crippen molar-refractivity contribution in [3.8, 4) is 5.75 Å². The lowest BCUT2D eigenvalue weighted by molar-refractivity contribution is -0.115. The molecular weight excluding hydrogens is 337 g/mol. The van der Waals surface area contributed by atoms with Crippen LogP contribution in [0.1, 0.15) is 24.1 Å². The number of ether oxygens (including phenoxy) is 1. The SMILES string of the molecule is COc1ccc(C)cc1NC(=O)CNC(=O)NC(C)c1ccccc1F. The second-order valence-electron chi connectivity index (χ2n) is 5.82. The van der Waals surface area contributed by atoms with Crippen LogP contribution in [0.2, 0.25) is 0 Å². The molecule has 0 saturated carbocycles. The van der Waals surface area contributed by atoms with E-state index in [0.29, 0.717) is 17.0 Å². The molecule has 0 spiro atoms. The van der Waals surface area contributed by atoms with Gasteiger partial charge in [-0.25, -0.2) is 9.18 Å². The van der Waals surface area contributed by atoms with Crippen LogP contribution in [-0.4, -0.2) is 25.6 Å². The van der Waals surface area contributed by atoms with Gasteiger partial charge in [-0.15, -0.1) is 0 Å². The molecule has 0 heterocycles. The van der Waals surface area contributed by atoms with Crippen LogP contribution in [0.25, 0.3) is 0 Å². The molecule has 2 rings (SSSR count). The number of amides is 3. The van der Waals surface area contributed by atoms with Gasteiger partial charge in [-0.1, -0.05) is 24.3 Å². The standard InChI is InChI=1S/C19H22FN3O3/c1-12-8-9-17(26-3)16(10-12)23-18(24)11-21-19(25)22-13(2)14-6-4-5-7-15(14)20/h4-10,13H,11H2,1-3H3,(H,23,24)(H2,21,22,25). The predicted molar refractivity (Wildman–Crippen MR) is 97.7 cm³/mol. The number of urea groups is 1. The van der Waals surface area contributed by atoms with E-state index in [1.165, 1.54) is 13.2 Å². The first-order valence-corrected chi connectivity index (χ1v) is 8.14. The molecule has 7 heteroatoms. The quantitative estimate of drug-likeness (QED) is 0.741. The topological polar surface area (TPSA) is 79.5 Å². The van der Waals surface area contributed by atoms with Crippen molar-refractivity contribution in [2.75, 3.05) is 19.0 Å². The number of rotatable bonds is 6. The van der Waals surface area contributed by atoms with Gasteiger partial charge in [0.05, 0.1) is 25.4 Å². The lowest BCUT2D eigenvalue weighted by atomic mass is 10.1. The number of hydrogen-bond donors (Lipinski definition) is 3. The Morgan fingerprint density at radius 2 is 1.92 bits per heavy atom. The van der Waals surface area contributed by atoms with Crippen molar-refractivity contribution in [3.63, 3.8) is 0 Å². The van der Waals surface area contributed by atoms with Crippen LogP contribution in [0.3, 0.4) is 0 Å². The van der Waals surface area contributed by atoms with Gasteiger partial charge in [0.2, 0.25) is 5.91 Å². The van der Waals surface area contributed by atoms with Crippen LogP contribution >= 0.6 is 0 Å². The molecule has 2 aromatic rings. The highest BCUT2D eigenvalue weighted by molar-refractivity contribution is 5.95. The average molecular weight is 359 g/mol. The Hall–Kier alpha value is -3.09. The largest absolute Gasteiger partial charge is 0.495 e. The van der Waals surface area contributed by atoms with Gasteiger partial charge in [-0.3, -0.25) is 4.79 Å². The minimum Gasteiger partial charge on any atom is -0.495 e. The number of carbonyl (C=O) groups is 2. The van der Waals surface area contributed by atoms with Crippen molar-refractivity contribution in [1.82, 2.24) is 10.6 Å². The summed E-state index contributed by atoms with van der Waals surface area (Å²) in [4.78, 5) is 24.0. The fourth-order valence-electron chi connectivity index (χ4n) is 2.43. The van der Waals surface area contributed by atoms with Crippen molar-refractivity contribution in [3.05, 3.63) is 59.4 Å². The lowest BCUT2D eigenvalue weighted by Gasteiger charge is -2.16. The zero-order valence-corrected chi connectivity index (χ0v) is 14.9. The first-order chi connectivity index (χ1) is 12.4. The zero-order valence-electron chi connectivity index (χ0n) is 14.9. The maximum absolute atomic E-state index is 13.7. The van der Waals surface area contributed by atoms with Gasteiger partial charge in [0.1, 0.15) is 11.6 Å². The Labute approximate surface area is 151 Å². The molecule has 0 aliphatic carbocycles. The first-order valence-electron chi connectivity index (χ1n) is 8.14. The van der Waals surface area contributed by atoms with Gasteiger partial charge in [0.15, 0.2) is 0 Å². The number of methoxy groups -OCH3 is 1. The number of halogens is 1. The maximum atomic E-state index is 13.7. The molecule has 0 radical (unpaired) electrons. The van der Waals surface area contributed by atoms with Crippen LogP contribution in [-0.2, 0) is 4.79 Å². The molecule has 0 bridgehead atoms. The van der Waals surface area contributed by atoms with Gasteiger partial charge in [0, 0.05) is 5.56 Å². The fraction of sp³-hybridized carbons (Fsp3) is 0.263.